The number of aromatic hydroxyl groups is 8. The van der Waals surface area contributed by atoms with E-state index in [0.29, 0.717) is 10.4 Å². The minimum Gasteiger partial charge on any atom is -0.503 e. The Morgan fingerprint density at radius 1 is 0.547 bits per heavy atom. The number of ether oxygens (including phenoxy) is 2. The van der Waals surface area contributed by atoms with Crippen molar-refractivity contribution in [3.63, 3.8) is 0 Å². The van der Waals surface area contributed by atoms with Crippen LogP contribution in [0.5, 0.6) is 57.5 Å². The number of carbonyl (C=O) groups is 6. The highest BCUT2D eigenvalue weighted by molar-refractivity contribution is 6.15. The summed E-state index contributed by atoms with van der Waals surface area (Å²) in [6, 6.07) is 9.94. The fraction of sp³-hybridized carbons (Fsp3) is 0.280. The van der Waals surface area contributed by atoms with Crippen LogP contribution in [-0.2, 0) is 21.2 Å². The second-order valence-electron chi connectivity index (χ2n) is 20.2. The minimum atomic E-state index is -3.51. The molecule has 0 spiro atoms. The van der Waals surface area contributed by atoms with Crippen molar-refractivity contribution in [1.82, 2.24) is 19.6 Å². The molecule has 4 aliphatic rings. The monoisotopic (exact) mass is 1200 g/mol. The quantitative estimate of drug-likeness (QED) is 0.0311. The van der Waals surface area contributed by atoms with Gasteiger partial charge in [-0.3, -0.25) is 43.5 Å². The topological polar surface area (TPSA) is 586 Å². The van der Waals surface area contributed by atoms with E-state index in [2.05, 4.69) is 10.2 Å². The summed E-state index contributed by atoms with van der Waals surface area (Å²) in [6.07, 6.45) is -3.08. The molecule has 0 radical (unpaired) electrons. The van der Waals surface area contributed by atoms with Crippen molar-refractivity contribution in [3.05, 3.63) is 82.4 Å². The van der Waals surface area contributed by atoms with Crippen molar-refractivity contribution >= 4 is 58.2 Å². The molecule has 6 heterocycles. The largest absolute Gasteiger partial charge is 0.503 e. The average Bonchev–Trinajstić information content (AvgIpc) is 1.30. The molecule has 86 heavy (non-hydrogen) atoms. The van der Waals surface area contributed by atoms with Crippen molar-refractivity contribution in [2.24, 2.45) is 17.4 Å². The maximum absolute atomic E-state index is 14.5. The van der Waals surface area contributed by atoms with Crippen molar-refractivity contribution in [2.75, 3.05) is 46.4 Å². The van der Waals surface area contributed by atoms with Gasteiger partial charge in [-0.05, 0) is 55.0 Å². The van der Waals surface area contributed by atoms with Gasteiger partial charge in [0, 0.05) is 19.3 Å². The normalized spacial score (nSPS) is 19.3. The lowest BCUT2D eigenvalue weighted by Gasteiger charge is -2.44. The highest BCUT2D eigenvalue weighted by atomic mass is 16.6. The van der Waals surface area contributed by atoms with Crippen LogP contribution in [0.1, 0.15) is 78.8 Å². The van der Waals surface area contributed by atoms with E-state index in [0.717, 1.165) is 28.9 Å². The number of aromatic nitrogens is 4. The summed E-state index contributed by atoms with van der Waals surface area (Å²) in [6.45, 7) is -3.60. The van der Waals surface area contributed by atoms with E-state index in [1.165, 1.54) is 31.4 Å². The summed E-state index contributed by atoms with van der Waals surface area (Å²) in [7, 11) is 1.35. The van der Waals surface area contributed by atoms with Gasteiger partial charge in [0.05, 0.1) is 55.2 Å². The molecular weight excluding hydrogens is 1160 g/mol. The van der Waals surface area contributed by atoms with Crippen LogP contribution in [0.25, 0.3) is 11.4 Å². The third-order valence-electron chi connectivity index (χ3n) is 14.8. The van der Waals surface area contributed by atoms with E-state index < -0.39 is 219 Å². The van der Waals surface area contributed by atoms with Gasteiger partial charge in [-0.15, -0.1) is 0 Å². The van der Waals surface area contributed by atoms with Crippen molar-refractivity contribution in [3.8, 4) is 68.9 Å². The lowest BCUT2D eigenvalue weighted by Crippen LogP contribution is -2.64. The van der Waals surface area contributed by atoms with Crippen LogP contribution in [0.3, 0.4) is 0 Å². The molecule has 0 bridgehead atoms. The fourth-order valence-electron chi connectivity index (χ4n) is 10.6. The number of benzene rings is 4. The molecule has 6 amide bonds. The zero-order valence-corrected chi connectivity index (χ0v) is 43.7. The molecule has 36 heteroatoms. The van der Waals surface area contributed by atoms with Crippen LogP contribution < -0.4 is 40.5 Å². The Morgan fingerprint density at radius 2 is 0.930 bits per heavy atom. The molecule has 2 aromatic heterocycles. The Kier molecular flexibility index (Phi) is 13.5. The number of aliphatic hydroxyl groups is 10. The second-order valence-corrected chi connectivity index (χ2v) is 20.2. The zero-order valence-electron chi connectivity index (χ0n) is 43.7. The number of anilines is 4. The van der Waals surface area contributed by atoms with E-state index in [1.54, 1.807) is 0 Å². The molecule has 1 atom stereocenters. The molecule has 22 N–H and O–H groups in total. The SMILES string of the molecule is COc1ccc(-n2nc(C(N)=O)c3c2C(=O)N(c2c(O)c(O)c(N4C(=O)CCC(COc5ccc(-n6nc(C(N)=O)c7c6C(=O)N(c6c(O)c(O)c(N8C(=O)C(O)(O)CCC8(O)O)c(O)c6O)CC7(O)O)cc5)C4(O)O)c(O)c2O)CC3(O)O)cc1. The van der Waals surface area contributed by atoms with Crippen LogP contribution in [0.15, 0.2) is 48.5 Å². The maximum Gasteiger partial charge on any atom is 0.291 e. The molecule has 10 rings (SSSR count). The molecule has 0 saturated carbocycles. The standard InChI is InChI=1S/C50H48N10O26/c1-85-20-7-3-18(4-8-20)59-27-23(25(53-59)41(51)70)47(77,78)15-55(43(27)72)29-33(62)37(66)31(38(67)34(29)63)57-22(61)11-2-17(50(57,83)84)14-86-21-9-5-19(6-10-21)60-28-24(26(54-60)42(52)71)48(79,80)16-56(44(28)73)30-35(64)39(68)32(40(69)36(30)65)58-45(74)46(75,76)12-13-49(58,81)82/h3-10,17,62-69,75-84H,2,11-16H2,1H3,(H2,51,70)(H2,52,71). The van der Waals surface area contributed by atoms with Gasteiger partial charge >= 0.3 is 0 Å². The number of β-amino-alcohol motifs (C(OH)–C–C–N with tert-alkyl or cyclic N) is 4. The third-order valence-corrected chi connectivity index (χ3v) is 14.8. The lowest BCUT2D eigenvalue weighted by atomic mass is 9.92. The van der Waals surface area contributed by atoms with Gasteiger partial charge in [0.2, 0.25) is 23.3 Å². The Hall–Kier alpha value is -10.3. The van der Waals surface area contributed by atoms with Gasteiger partial charge in [0.1, 0.15) is 45.6 Å². The Labute approximate surface area is 476 Å². The van der Waals surface area contributed by atoms with Gasteiger partial charge in [0.15, 0.2) is 57.4 Å². The van der Waals surface area contributed by atoms with Crippen molar-refractivity contribution in [1.29, 1.82) is 0 Å². The van der Waals surface area contributed by atoms with Crippen LogP contribution >= 0.6 is 0 Å². The van der Waals surface area contributed by atoms with Gasteiger partial charge in [-0.25, -0.2) is 14.3 Å². The van der Waals surface area contributed by atoms with Gasteiger partial charge in [-0.2, -0.15) is 10.2 Å². The number of methoxy groups -OCH3 is 1. The van der Waals surface area contributed by atoms with E-state index in [-0.39, 0.29) is 36.7 Å². The number of amides is 6. The van der Waals surface area contributed by atoms with Crippen LogP contribution in [0.4, 0.5) is 22.7 Å². The van der Waals surface area contributed by atoms with Crippen molar-refractivity contribution in [2.45, 2.75) is 54.9 Å². The molecule has 0 aliphatic carbocycles. The zero-order chi connectivity index (χ0) is 63.1. The summed E-state index contributed by atoms with van der Waals surface area (Å²) >= 11 is 0. The van der Waals surface area contributed by atoms with E-state index in [9.17, 15) is 121 Å². The third kappa shape index (κ3) is 8.78. The molecule has 1 unspecified atom stereocenters. The molecule has 454 valence electrons. The van der Waals surface area contributed by atoms with Crippen LogP contribution in [0.2, 0.25) is 0 Å². The minimum absolute atomic E-state index is 0.00676. The molecule has 6 aromatic rings. The summed E-state index contributed by atoms with van der Waals surface area (Å²) in [5, 5.41) is 209. The fourth-order valence-corrected chi connectivity index (χ4v) is 10.6. The second kappa shape index (κ2) is 19.7. The number of rotatable bonds is 12. The highest BCUT2D eigenvalue weighted by Gasteiger charge is 2.57. The van der Waals surface area contributed by atoms with Gasteiger partial charge in [-0.1, -0.05) is 0 Å². The summed E-state index contributed by atoms with van der Waals surface area (Å²) in [5.41, 5.74) is 0.0683. The Bertz CT molecular complexity index is 3870. The average molecular weight is 1200 g/mol. The predicted octanol–water partition coefficient (Wildman–Crippen LogP) is -4.59. The summed E-state index contributed by atoms with van der Waals surface area (Å²) in [5.74, 6) is -40.4. The number of phenolic OH excluding ortho intramolecular Hbond substituents is 8. The number of carbonyl (C=O) groups excluding carboxylic acids is 6. The molecule has 36 nitrogen and oxygen atoms in total. The number of hydrogen-bond acceptors (Lipinski definition) is 28. The van der Waals surface area contributed by atoms with Crippen LogP contribution in [-0.4, -0.2) is 191 Å². The molecule has 4 aliphatic heterocycles. The van der Waals surface area contributed by atoms with Crippen molar-refractivity contribution < 1.29 is 130 Å². The smallest absolute Gasteiger partial charge is 0.291 e. The first-order valence-electron chi connectivity index (χ1n) is 24.8. The van der Waals surface area contributed by atoms with Gasteiger partial charge in [0.25, 0.3) is 41.4 Å². The summed E-state index contributed by atoms with van der Waals surface area (Å²) in [4.78, 5) is 80.5. The van der Waals surface area contributed by atoms with E-state index in [4.69, 9.17) is 20.9 Å². The molecular formula is C50H48N10O26. The number of primary amides is 2. The first kappa shape index (κ1) is 58.9. The molecule has 4 aromatic carbocycles. The Balaban J connectivity index is 0.931. The number of nitrogens with two attached hydrogens (primary N) is 2. The lowest BCUT2D eigenvalue weighted by molar-refractivity contribution is -0.237. The number of fused-ring (bicyclic) bond motifs is 2. The van der Waals surface area contributed by atoms with E-state index in [1.807, 2.05) is 0 Å². The highest BCUT2D eigenvalue weighted by Crippen LogP contribution is 2.60. The number of piperidine rings is 2. The number of phenols is 8. The Morgan fingerprint density at radius 3 is 1.33 bits per heavy atom. The number of nitrogens with zero attached hydrogens (tertiary/aromatic N) is 8. The van der Waals surface area contributed by atoms with Crippen LogP contribution in [0, 0.1) is 5.92 Å². The maximum atomic E-state index is 14.5. The number of hydrogen-bond donors (Lipinski definition) is 20. The first-order chi connectivity index (χ1) is 40.0. The predicted molar refractivity (Wildman–Crippen MR) is 276 cm³/mol. The van der Waals surface area contributed by atoms with Gasteiger partial charge < -0.3 is 113 Å². The molecule has 2 fully saturated rings. The summed E-state index contributed by atoms with van der Waals surface area (Å²) < 4.78 is 12.3. The first-order valence-corrected chi connectivity index (χ1v) is 24.8. The molecule has 2 saturated heterocycles. The van der Waals surface area contributed by atoms with E-state index >= 15 is 0 Å².